The van der Waals surface area contributed by atoms with Gasteiger partial charge in [-0.25, -0.2) is 5.43 Å². The van der Waals surface area contributed by atoms with Crippen molar-refractivity contribution in [2.75, 3.05) is 12.8 Å². The molecule has 0 atom stereocenters. The summed E-state index contributed by atoms with van der Waals surface area (Å²) < 4.78 is 0.0914. The molecule has 1 aliphatic rings. The van der Waals surface area contributed by atoms with Crippen LogP contribution in [0.2, 0.25) is 0 Å². The molecule has 0 unspecified atom stereocenters. The minimum Gasteiger partial charge on any atom is -0.350 e. The highest BCUT2D eigenvalue weighted by Crippen LogP contribution is 2.29. The van der Waals surface area contributed by atoms with Crippen molar-refractivity contribution < 1.29 is 9.59 Å². The maximum atomic E-state index is 11.9. The van der Waals surface area contributed by atoms with Crippen molar-refractivity contribution in [1.29, 1.82) is 0 Å². The Morgan fingerprint density at radius 1 is 1.44 bits per heavy atom. The van der Waals surface area contributed by atoms with Crippen molar-refractivity contribution in [2.45, 2.75) is 44.3 Å². The van der Waals surface area contributed by atoms with E-state index in [1.165, 1.54) is 0 Å². The number of carbonyl (C=O) groups excluding carboxylic acids is 2. The summed E-state index contributed by atoms with van der Waals surface area (Å²) in [6, 6.07) is 0. The molecule has 0 aromatic rings. The van der Waals surface area contributed by atoms with Crippen molar-refractivity contribution in [3.63, 3.8) is 0 Å². The summed E-state index contributed by atoms with van der Waals surface area (Å²) in [5, 5.41) is 6.71. The molecule has 1 heterocycles. The van der Waals surface area contributed by atoms with Crippen molar-refractivity contribution in [3.05, 3.63) is 0 Å². The maximum absolute atomic E-state index is 11.9. The van der Waals surface area contributed by atoms with Crippen LogP contribution >= 0.6 is 11.8 Å². The molecule has 0 saturated carbocycles. The number of carbonyl (C=O) groups is 2. The second kappa shape index (κ2) is 6.78. The summed E-state index contributed by atoms with van der Waals surface area (Å²) in [5.74, 6) is -0.303. The van der Waals surface area contributed by atoms with Crippen LogP contribution in [-0.2, 0) is 9.59 Å². The van der Waals surface area contributed by atoms with Crippen LogP contribution in [0.25, 0.3) is 0 Å². The first-order valence-corrected chi connectivity index (χ1v) is 7.48. The molecule has 1 rings (SSSR count). The number of hydrogen-bond donors (Lipinski definition) is 2. The molecule has 0 aromatic carbocycles. The van der Waals surface area contributed by atoms with Gasteiger partial charge in [-0.15, -0.1) is 0 Å². The van der Waals surface area contributed by atoms with E-state index in [9.17, 15) is 9.59 Å². The third-order valence-corrected chi connectivity index (χ3v) is 5.05. The molecule has 102 valence electrons. The molecule has 0 aromatic heterocycles. The van der Waals surface area contributed by atoms with Gasteiger partial charge in [0.05, 0.1) is 0 Å². The lowest BCUT2D eigenvalue weighted by molar-refractivity contribution is -0.121. The zero-order chi connectivity index (χ0) is 13.6. The largest absolute Gasteiger partial charge is 0.350 e. The Morgan fingerprint density at radius 2 is 2.11 bits per heavy atom. The lowest BCUT2D eigenvalue weighted by Gasteiger charge is -2.30. The summed E-state index contributed by atoms with van der Waals surface area (Å²) in [6.45, 7) is 4.89. The predicted molar refractivity (Wildman–Crippen MR) is 74.6 cm³/mol. The van der Waals surface area contributed by atoms with Crippen molar-refractivity contribution in [1.82, 2.24) is 10.7 Å². The van der Waals surface area contributed by atoms with Crippen molar-refractivity contribution in [2.24, 2.45) is 5.10 Å². The zero-order valence-corrected chi connectivity index (χ0v) is 12.0. The fraction of sp³-hybridized carbons (Fsp3) is 0.750. The van der Waals surface area contributed by atoms with Gasteiger partial charge >= 0.3 is 0 Å². The number of nitrogens with zero attached hydrogens (tertiary/aromatic N) is 1. The van der Waals surface area contributed by atoms with Gasteiger partial charge in [-0.05, 0) is 19.1 Å². The first-order chi connectivity index (χ1) is 8.56. The Hall–Kier alpha value is -1.04. The SMILES string of the molecule is CCC(CC)(CNC(=O)C1=NNC(=O)CC1)SC. The fourth-order valence-corrected chi connectivity index (χ4v) is 2.64. The van der Waals surface area contributed by atoms with E-state index in [1.54, 1.807) is 11.8 Å². The predicted octanol–water partition coefficient (Wildman–Crippen LogP) is 1.29. The van der Waals surface area contributed by atoms with Crippen LogP contribution < -0.4 is 10.7 Å². The average Bonchev–Trinajstić information content (AvgIpc) is 2.41. The van der Waals surface area contributed by atoms with Gasteiger partial charge < -0.3 is 5.32 Å². The molecule has 2 N–H and O–H groups in total. The topological polar surface area (TPSA) is 70.6 Å². The molecule has 0 aliphatic carbocycles. The standard InChI is InChI=1S/C12H21N3O2S/c1-4-12(5-2,18-3)8-13-11(17)9-6-7-10(16)15-14-9/h4-8H2,1-3H3,(H,13,17)(H,15,16). The van der Waals surface area contributed by atoms with Crippen molar-refractivity contribution in [3.8, 4) is 0 Å². The number of hydrogen-bond acceptors (Lipinski definition) is 4. The van der Waals surface area contributed by atoms with E-state index in [4.69, 9.17) is 0 Å². The Kier molecular flexibility index (Phi) is 5.65. The van der Waals surface area contributed by atoms with Gasteiger partial charge in [-0.1, -0.05) is 13.8 Å². The first kappa shape index (κ1) is 15.0. The van der Waals surface area contributed by atoms with E-state index in [-0.39, 0.29) is 16.6 Å². The van der Waals surface area contributed by atoms with E-state index in [1.807, 2.05) is 0 Å². The summed E-state index contributed by atoms with van der Waals surface area (Å²) in [4.78, 5) is 22.8. The highest BCUT2D eigenvalue weighted by atomic mass is 32.2. The number of rotatable bonds is 6. The van der Waals surface area contributed by atoms with Gasteiger partial charge in [0.1, 0.15) is 5.71 Å². The number of thioether (sulfide) groups is 1. The molecular formula is C12H21N3O2S. The van der Waals surface area contributed by atoms with Crippen LogP contribution in [0.1, 0.15) is 39.5 Å². The van der Waals surface area contributed by atoms with Crippen LogP contribution in [-0.4, -0.2) is 35.1 Å². The second-order valence-electron chi connectivity index (χ2n) is 4.37. The third-order valence-electron chi connectivity index (χ3n) is 3.46. The summed E-state index contributed by atoms with van der Waals surface area (Å²) >= 11 is 1.78. The normalized spacial score (nSPS) is 15.9. The van der Waals surface area contributed by atoms with Crippen LogP contribution in [0, 0.1) is 0 Å². The fourth-order valence-electron chi connectivity index (χ4n) is 1.84. The van der Waals surface area contributed by atoms with Crippen LogP contribution in [0.5, 0.6) is 0 Å². The van der Waals surface area contributed by atoms with Gasteiger partial charge in [0.15, 0.2) is 0 Å². The Balaban J connectivity index is 2.53. The van der Waals surface area contributed by atoms with Gasteiger partial charge in [-0.2, -0.15) is 16.9 Å². The zero-order valence-electron chi connectivity index (χ0n) is 11.2. The summed E-state index contributed by atoms with van der Waals surface area (Å²) in [6.07, 6.45) is 4.84. The van der Waals surface area contributed by atoms with E-state index in [2.05, 4.69) is 35.9 Å². The molecule has 18 heavy (non-hydrogen) atoms. The highest BCUT2D eigenvalue weighted by molar-refractivity contribution is 8.00. The van der Waals surface area contributed by atoms with Crippen LogP contribution in [0.3, 0.4) is 0 Å². The molecule has 2 amide bonds. The molecule has 1 aliphatic heterocycles. The van der Waals surface area contributed by atoms with E-state index in [0.29, 0.717) is 25.1 Å². The Morgan fingerprint density at radius 3 is 2.56 bits per heavy atom. The number of nitrogens with one attached hydrogen (secondary N) is 2. The maximum Gasteiger partial charge on any atom is 0.267 e. The molecular weight excluding hydrogens is 250 g/mol. The second-order valence-corrected chi connectivity index (χ2v) is 5.64. The third kappa shape index (κ3) is 3.73. The quantitative estimate of drug-likeness (QED) is 0.765. The molecule has 0 radical (unpaired) electrons. The molecule has 5 nitrogen and oxygen atoms in total. The van der Waals surface area contributed by atoms with Gasteiger partial charge in [0, 0.05) is 24.1 Å². The summed E-state index contributed by atoms with van der Waals surface area (Å²) in [7, 11) is 0. The van der Waals surface area contributed by atoms with E-state index in [0.717, 1.165) is 12.8 Å². The minimum absolute atomic E-state index is 0.0914. The molecule has 0 saturated heterocycles. The van der Waals surface area contributed by atoms with Gasteiger partial charge in [0.25, 0.3) is 5.91 Å². The van der Waals surface area contributed by atoms with Gasteiger partial charge in [-0.3, -0.25) is 9.59 Å². The highest BCUT2D eigenvalue weighted by Gasteiger charge is 2.27. The van der Waals surface area contributed by atoms with Crippen LogP contribution in [0.15, 0.2) is 5.10 Å². The van der Waals surface area contributed by atoms with Crippen molar-refractivity contribution >= 4 is 29.3 Å². The molecule has 0 bridgehead atoms. The Labute approximate surface area is 112 Å². The Bertz CT molecular complexity index is 343. The first-order valence-electron chi connectivity index (χ1n) is 6.25. The van der Waals surface area contributed by atoms with E-state index < -0.39 is 0 Å². The lowest BCUT2D eigenvalue weighted by atomic mass is 10.0. The van der Waals surface area contributed by atoms with Crippen LogP contribution in [0.4, 0.5) is 0 Å². The van der Waals surface area contributed by atoms with E-state index >= 15 is 0 Å². The summed E-state index contributed by atoms with van der Waals surface area (Å²) in [5.41, 5.74) is 2.75. The minimum atomic E-state index is -0.171. The van der Waals surface area contributed by atoms with Gasteiger partial charge in [0.2, 0.25) is 5.91 Å². The number of hydrazone groups is 1. The lowest BCUT2D eigenvalue weighted by Crippen LogP contribution is -2.44. The molecule has 0 fully saturated rings. The monoisotopic (exact) mass is 271 g/mol. The average molecular weight is 271 g/mol. The molecule has 6 heteroatoms. The molecule has 0 spiro atoms. The smallest absolute Gasteiger partial charge is 0.267 e. The number of amides is 2.